The summed E-state index contributed by atoms with van der Waals surface area (Å²) in [7, 11) is 0. The fourth-order valence-corrected chi connectivity index (χ4v) is 4.38. The monoisotopic (exact) mass is 312 g/mol. The number of pyridine rings is 1. The van der Waals surface area contributed by atoms with Crippen LogP contribution < -0.4 is 5.73 Å². The molecule has 0 bridgehead atoms. The van der Waals surface area contributed by atoms with Crippen LogP contribution in [-0.4, -0.2) is 9.97 Å². The summed E-state index contributed by atoms with van der Waals surface area (Å²) in [6.45, 7) is 3.96. The highest BCUT2D eigenvalue weighted by Gasteiger charge is 2.21. The summed E-state index contributed by atoms with van der Waals surface area (Å²) in [5.41, 5.74) is 9.58. The van der Waals surface area contributed by atoms with Crippen molar-refractivity contribution < 1.29 is 0 Å². The molecule has 0 amide bonds. The summed E-state index contributed by atoms with van der Waals surface area (Å²) in [4.78, 5) is 11.2. The molecule has 0 fully saturated rings. The Morgan fingerprint density at radius 2 is 1.86 bits per heavy atom. The van der Waals surface area contributed by atoms with Crippen LogP contribution in [0.1, 0.15) is 15.6 Å². The first-order valence-corrected chi connectivity index (χ1v) is 7.92. The van der Waals surface area contributed by atoms with Gasteiger partial charge in [-0.15, -0.1) is 22.7 Å². The van der Waals surface area contributed by atoms with Crippen molar-refractivity contribution in [3.63, 3.8) is 0 Å². The van der Waals surface area contributed by atoms with Crippen molar-refractivity contribution in [2.24, 2.45) is 0 Å². The zero-order valence-electron chi connectivity index (χ0n) is 11.5. The van der Waals surface area contributed by atoms with Gasteiger partial charge < -0.3 is 5.73 Å². The van der Waals surface area contributed by atoms with Crippen LogP contribution in [0.25, 0.3) is 20.9 Å². The van der Waals surface area contributed by atoms with Gasteiger partial charge in [0.2, 0.25) is 0 Å². The second-order valence-electron chi connectivity index (χ2n) is 4.54. The fraction of sp³-hybridized carbons (Fsp3) is 0.133. The number of anilines is 1. The van der Waals surface area contributed by atoms with Crippen molar-refractivity contribution >= 4 is 28.4 Å². The van der Waals surface area contributed by atoms with E-state index in [0.29, 0.717) is 10.6 Å². The van der Waals surface area contributed by atoms with E-state index in [0.717, 1.165) is 31.6 Å². The minimum absolute atomic E-state index is 0.536. The first-order valence-electron chi connectivity index (χ1n) is 6.29. The highest BCUT2D eigenvalue weighted by molar-refractivity contribution is 7.23. The predicted octanol–water partition coefficient (Wildman–Crippen LogP) is 4.00. The Morgan fingerprint density at radius 1 is 1.14 bits per heavy atom. The maximum atomic E-state index is 9.28. The first kappa shape index (κ1) is 13.7. The molecule has 0 saturated heterocycles. The highest BCUT2D eigenvalue weighted by atomic mass is 32.1. The third kappa shape index (κ3) is 2.31. The van der Waals surface area contributed by atoms with E-state index in [-0.39, 0.29) is 0 Å². The molecule has 3 heterocycles. The SMILES string of the molecule is Cc1nc(C)c(-c2sc(C#N)c(N)c2-c2ccncc2)s1. The van der Waals surface area contributed by atoms with E-state index in [1.165, 1.54) is 11.3 Å². The van der Waals surface area contributed by atoms with Crippen LogP contribution in [-0.2, 0) is 0 Å². The van der Waals surface area contributed by atoms with Crippen LogP contribution in [0.2, 0.25) is 0 Å². The highest BCUT2D eigenvalue weighted by Crippen LogP contribution is 2.47. The van der Waals surface area contributed by atoms with Gasteiger partial charge >= 0.3 is 0 Å². The zero-order valence-corrected chi connectivity index (χ0v) is 13.2. The average Bonchev–Trinajstić information content (AvgIpc) is 2.99. The zero-order chi connectivity index (χ0) is 15.0. The van der Waals surface area contributed by atoms with E-state index in [4.69, 9.17) is 5.73 Å². The molecule has 0 spiro atoms. The third-order valence-electron chi connectivity index (χ3n) is 3.13. The molecule has 4 nitrogen and oxygen atoms in total. The molecule has 0 unspecified atom stereocenters. The molecule has 0 radical (unpaired) electrons. The van der Waals surface area contributed by atoms with Gasteiger partial charge in [0, 0.05) is 18.0 Å². The van der Waals surface area contributed by atoms with E-state index in [9.17, 15) is 5.26 Å². The molecule has 104 valence electrons. The maximum absolute atomic E-state index is 9.28. The molecule has 2 N–H and O–H groups in total. The summed E-state index contributed by atoms with van der Waals surface area (Å²) in [5.74, 6) is 0. The molecule has 3 aromatic heterocycles. The number of hydrogen-bond donors (Lipinski definition) is 1. The van der Waals surface area contributed by atoms with Crippen LogP contribution >= 0.6 is 22.7 Å². The lowest BCUT2D eigenvalue weighted by atomic mass is 10.0. The minimum atomic E-state index is 0.536. The Kier molecular flexibility index (Phi) is 3.45. The predicted molar refractivity (Wildman–Crippen MR) is 87.3 cm³/mol. The number of nitrogens with two attached hydrogens (primary N) is 1. The number of nitrogen functional groups attached to an aromatic ring is 1. The Balaban J connectivity index is 2.31. The lowest BCUT2D eigenvalue weighted by Crippen LogP contribution is -1.89. The number of aromatic nitrogens is 2. The molecule has 0 saturated carbocycles. The molecule has 3 aromatic rings. The fourth-order valence-electron chi connectivity index (χ4n) is 2.23. The molecule has 0 aliphatic rings. The molecule has 6 heteroatoms. The molecule has 21 heavy (non-hydrogen) atoms. The van der Waals surface area contributed by atoms with Crippen LogP contribution in [0.4, 0.5) is 5.69 Å². The van der Waals surface area contributed by atoms with E-state index in [1.807, 2.05) is 26.0 Å². The molecule has 0 atom stereocenters. The summed E-state index contributed by atoms with van der Waals surface area (Å²) < 4.78 is 0. The van der Waals surface area contributed by atoms with Crippen molar-refractivity contribution in [3.05, 3.63) is 40.1 Å². The maximum Gasteiger partial charge on any atom is 0.129 e. The Labute approximate surface area is 130 Å². The van der Waals surface area contributed by atoms with Crippen molar-refractivity contribution in [1.82, 2.24) is 9.97 Å². The largest absolute Gasteiger partial charge is 0.396 e. The van der Waals surface area contributed by atoms with Crippen molar-refractivity contribution in [2.75, 3.05) is 5.73 Å². The number of rotatable bonds is 2. The molecule has 0 aliphatic heterocycles. The Morgan fingerprint density at radius 3 is 2.43 bits per heavy atom. The minimum Gasteiger partial charge on any atom is -0.396 e. The van der Waals surface area contributed by atoms with E-state index >= 15 is 0 Å². The summed E-state index contributed by atoms with van der Waals surface area (Å²) in [6.07, 6.45) is 3.46. The molecule has 3 rings (SSSR count). The first-order chi connectivity index (χ1) is 10.1. The number of nitriles is 1. The van der Waals surface area contributed by atoms with E-state index in [1.54, 1.807) is 23.7 Å². The summed E-state index contributed by atoms with van der Waals surface area (Å²) >= 11 is 3.05. The Bertz CT molecular complexity index is 841. The van der Waals surface area contributed by atoms with Gasteiger partial charge in [-0.05, 0) is 31.5 Å². The quantitative estimate of drug-likeness (QED) is 0.776. The van der Waals surface area contributed by atoms with Gasteiger partial charge in [-0.3, -0.25) is 4.98 Å². The van der Waals surface area contributed by atoms with Crippen LogP contribution in [0.3, 0.4) is 0 Å². The second kappa shape index (κ2) is 5.28. The lowest BCUT2D eigenvalue weighted by molar-refractivity contribution is 1.20. The smallest absolute Gasteiger partial charge is 0.129 e. The topological polar surface area (TPSA) is 75.6 Å². The van der Waals surface area contributed by atoms with Crippen molar-refractivity contribution in [1.29, 1.82) is 5.26 Å². The molecule has 0 aliphatic carbocycles. The van der Waals surface area contributed by atoms with Gasteiger partial charge in [0.05, 0.1) is 26.1 Å². The number of aryl methyl sites for hydroxylation is 2. The number of thiophene rings is 1. The van der Waals surface area contributed by atoms with Crippen LogP contribution in [0, 0.1) is 25.2 Å². The van der Waals surface area contributed by atoms with Gasteiger partial charge in [0.15, 0.2) is 0 Å². The third-order valence-corrected chi connectivity index (χ3v) is 5.47. The van der Waals surface area contributed by atoms with Gasteiger partial charge in [0.1, 0.15) is 10.9 Å². The number of nitrogens with zero attached hydrogens (tertiary/aromatic N) is 3. The van der Waals surface area contributed by atoms with Crippen LogP contribution in [0.5, 0.6) is 0 Å². The summed E-state index contributed by atoms with van der Waals surface area (Å²) in [5, 5.41) is 10.3. The molecular weight excluding hydrogens is 300 g/mol. The lowest BCUT2D eigenvalue weighted by Gasteiger charge is -2.04. The van der Waals surface area contributed by atoms with E-state index < -0.39 is 0 Å². The van der Waals surface area contributed by atoms with Crippen molar-refractivity contribution in [2.45, 2.75) is 13.8 Å². The van der Waals surface area contributed by atoms with E-state index in [2.05, 4.69) is 16.0 Å². The van der Waals surface area contributed by atoms with Gasteiger partial charge in [0.25, 0.3) is 0 Å². The second-order valence-corrected chi connectivity index (χ2v) is 6.77. The van der Waals surface area contributed by atoms with Crippen molar-refractivity contribution in [3.8, 4) is 27.0 Å². The van der Waals surface area contributed by atoms with Gasteiger partial charge in [-0.2, -0.15) is 5.26 Å². The standard InChI is InChI=1S/C15H12N4S2/c1-8-14(20-9(2)19-8)15-12(10-3-5-18-6-4-10)13(17)11(7-16)21-15/h3-6H,17H2,1-2H3. The van der Waals surface area contributed by atoms with Crippen LogP contribution in [0.15, 0.2) is 24.5 Å². The Hall–Kier alpha value is -2.23. The normalized spacial score (nSPS) is 10.5. The van der Waals surface area contributed by atoms with Gasteiger partial charge in [-0.1, -0.05) is 0 Å². The average molecular weight is 312 g/mol. The summed E-state index contributed by atoms with van der Waals surface area (Å²) in [6, 6.07) is 6.00. The number of thiazole rings is 1. The number of hydrogen-bond acceptors (Lipinski definition) is 6. The van der Waals surface area contributed by atoms with Gasteiger partial charge in [-0.25, -0.2) is 4.98 Å². The molecule has 0 aromatic carbocycles. The molecular formula is C15H12N4S2.